The van der Waals surface area contributed by atoms with Crippen LogP contribution in [-0.4, -0.2) is 36.7 Å². The van der Waals surface area contributed by atoms with Crippen molar-refractivity contribution in [2.75, 3.05) is 19.7 Å². The summed E-state index contributed by atoms with van der Waals surface area (Å²) < 4.78 is 32.3. The number of halogens is 2. The first-order chi connectivity index (χ1) is 8.99. The Morgan fingerprint density at radius 1 is 1.37 bits per heavy atom. The van der Waals surface area contributed by atoms with Gasteiger partial charge in [0.2, 0.25) is 0 Å². The summed E-state index contributed by atoms with van der Waals surface area (Å²) in [6.07, 6.45) is -0.267. The highest BCUT2D eigenvalue weighted by Crippen LogP contribution is 2.23. The van der Waals surface area contributed by atoms with Crippen LogP contribution in [-0.2, 0) is 4.74 Å². The van der Waals surface area contributed by atoms with Crippen LogP contribution in [0.4, 0.5) is 8.78 Å². The van der Waals surface area contributed by atoms with Crippen LogP contribution in [0.3, 0.4) is 0 Å². The number of hydrogen-bond acceptors (Lipinski definition) is 3. The molecule has 106 valence electrons. The normalized spacial score (nSPS) is 22.7. The molecule has 2 rings (SSSR count). The van der Waals surface area contributed by atoms with Crippen molar-refractivity contribution in [2.24, 2.45) is 5.73 Å². The summed E-state index contributed by atoms with van der Waals surface area (Å²) in [5, 5.41) is 0. The van der Waals surface area contributed by atoms with Crippen molar-refractivity contribution in [1.82, 2.24) is 4.90 Å². The fourth-order valence-electron chi connectivity index (χ4n) is 2.35. The van der Waals surface area contributed by atoms with E-state index in [0.29, 0.717) is 24.8 Å². The molecule has 19 heavy (non-hydrogen) atoms. The van der Waals surface area contributed by atoms with Crippen LogP contribution in [0.2, 0.25) is 0 Å². The second kappa shape index (κ2) is 5.94. The Kier molecular flexibility index (Phi) is 4.50. The molecule has 2 N–H and O–H groups in total. The molecular weight excluding hydrogens is 250 g/mol. The molecule has 0 spiro atoms. The molecule has 1 heterocycles. The molecule has 0 saturated carbocycles. The minimum atomic E-state index is -0.613. The smallest absolute Gasteiger partial charge is 0.130 e. The Morgan fingerprint density at radius 3 is 2.74 bits per heavy atom. The molecule has 3 nitrogen and oxygen atoms in total. The van der Waals surface area contributed by atoms with Gasteiger partial charge in [0.1, 0.15) is 11.6 Å². The molecular formula is C14H20F2N2O. The Labute approximate surface area is 112 Å². The number of nitrogens with zero attached hydrogens (tertiary/aromatic N) is 1. The summed E-state index contributed by atoms with van der Waals surface area (Å²) in [4.78, 5) is 2.25. The highest BCUT2D eigenvalue weighted by Gasteiger charge is 2.29. The number of hydrogen-bond donors (Lipinski definition) is 1. The molecule has 1 aliphatic heterocycles. The summed E-state index contributed by atoms with van der Waals surface area (Å²) in [6.45, 7) is 6.31. The van der Waals surface area contributed by atoms with Crippen molar-refractivity contribution in [1.29, 1.82) is 0 Å². The fourth-order valence-corrected chi connectivity index (χ4v) is 2.35. The summed E-state index contributed by atoms with van der Waals surface area (Å²) in [7, 11) is 0. The number of morpholine rings is 1. The van der Waals surface area contributed by atoms with Gasteiger partial charge in [-0.2, -0.15) is 0 Å². The average molecular weight is 270 g/mol. The molecule has 5 heteroatoms. The standard InChI is InChI=1S/C14H20F2N2O/c1-9(2)18-5-6-19-13(8-18)14(17)11-4-3-10(15)7-12(11)16/h3-4,7,9,13-14H,5-6,8,17H2,1-2H3. The summed E-state index contributed by atoms with van der Waals surface area (Å²) >= 11 is 0. The zero-order valence-electron chi connectivity index (χ0n) is 11.3. The Morgan fingerprint density at radius 2 is 2.11 bits per heavy atom. The van der Waals surface area contributed by atoms with Crippen molar-refractivity contribution in [3.8, 4) is 0 Å². The maximum atomic E-state index is 13.7. The number of rotatable bonds is 3. The van der Waals surface area contributed by atoms with Crippen LogP contribution in [0, 0.1) is 11.6 Å². The van der Waals surface area contributed by atoms with Gasteiger partial charge < -0.3 is 10.5 Å². The third kappa shape index (κ3) is 3.29. The highest BCUT2D eigenvalue weighted by atomic mass is 19.1. The number of nitrogens with two attached hydrogens (primary N) is 1. The van der Waals surface area contributed by atoms with E-state index in [9.17, 15) is 8.78 Å². The first-order valence-corrected chi connectivity index (χ1v) is 6.55. The number of ether oxygens (including phenoxy) is 1. The summed E-state index contributed by atoms with van der Waals surface area (Å²) in [5.74, 6) is -1.21. The van der Waals surface area contributed by atoms with Gasteiger partial charge in [-0.3, -0.25) is 4.90 Å². The van der Waals surface area contributed by atoms with Crippen LogP contribution in [0.5, 0.6) is 0 Å². The predicted molar refractivity (Wildman–Crippen MR) is 69.7 cm³/mol. The molecule has 1 aromatic carbocycles. The minimum absolute atomic E-state index is 0.267. The first kappa shape index (κ1) is 14.4. The quantitative estimate of drug-likeness (QED) is 0.914. The van der Waals surface area contributed by atoms with E-state index in [1.807, 2.05) is 0 Å². The van der Waals surface area contributed by atoms with Gasteiger partial charge in [0.15, 0.2) is 0 Å². The molecule has 0 radical (unpaired) electrons. The van der Waals surface area contributed by atoms with Gasteiger partial charge in [0, 0.05) is 30.8 Å². The van der Waals surface area contributed by atoms with Crippen molar-refractivity contribution in [2.45, 2.75) is 32.0 Å². The monoisotopic (exact) mass is 270 g/mol. The van der Waals surface area contributed by atoms with Crippen molar-refractivity contribution in [3.63, 3.8) is 0 Å². The van der Waals surface area contributed by atoms with E-state index in [-0.39, 0.29) is 6.10 Å². The molecule has 0 aliphatic carbocycles. The lowest BCUT2D eigenvalue weighted by atomic mass is 10.00. The summed E-state index contributed by atoms with van der Waals surface area (Å²) in [5.41, 5.74) is 6.37. The van der Waals surface area contributed by atoms with E-state index in [4.69, 9.17) is 10.5 Å². The molecule has 0 amide bonds. The van der Waals surface area contributed by atoms with Gasteiger partial charge in [0.05, 0.1) is 18.8 Å². The van der Waals surface area contributed by atoms with E-state index in [0.717, 1.165) is 12.6 Å². The largest absolute Gasteiger partial charge is 0.374 e. The Balaban J connectivity index is 2.12. The molecule has 1 aromatic rings. The second-order valence-electron chi connectivity index (χ2n) is 5.19. The van der Waals surface area contributed by atoms with Crippen LogP contribution in [0.25, 0.3) is 0 Å². The van der Waals surface area contributed by atoms with E-state index >= 15 is 0 Å². The zero-order valence-corrected chi connectivity index (χ0v) is 11.3. The molecule has 2 unspecified atom stereocenters. The van der Waals surface area contributed by atoms with E-state index in [1.54, 1.807) is 0 Å². The topological polar surface area (TPSA) is 38.5 Å². The third-order valence-electron chi connectivity index (χ3n) is 3.58. The molecule has 0 aromatic heterocycles. The first-order valence-electron chi connectivity index (χ1n) is 6.55. The van der Waals surface area contributed by atoms with Crippen molar-refractivity contribution in [3.05, 3.63) is 35.4 Å². The van der Waals surface area contributed by atoms with Crippen LogP contribution in [0.15, 0.2) is 18.2 Å². The SMILES string of the molecule is CC(C)N1CCOC(C(N)c2ccc(F)cc2F)C1. The van der Waals surface area contributed by atoms with Gasteiger partial charge in [-0.25, -0.2) is 8.78 Å². The molecule has 1 saturated heterocycles. The maximum Gasteiger partial charge on any atom is 0.130 e. The Bertz CT molecular complexity index is 439. The maximum absolute atomic E-state index is 13.7. The average Bonchev–Trinajstić information content (AvgIpc) is 2.38. The predicted octanol–water partition coefficient (Wildman–Crippen LogP) is 2.07. The lowest BCUT2D eigenvalue weighted by molar-refractivity contribution is -0.0506. The molecule has 0 bridgehead atoms. The van der Waals surface area contributed by atoms with Crippen LogP contribution in [0.1, 0.15) is 25.5 Å². The zero-order chi connectivity index (χ0) is 14.0. The van der Waals surface area contributed by atoms with Gasteiger partial charge in [-0.05, 0) is 19.9 Å². The van der Waals surface area contributed by atoms with Crippen molar-refractivity contribution < 1.29 is 13.5 Å². The fraction of sp³-hybridized carbons (Fsp3) is 0.571. The third-order valence-corrected chi connectivity index (χ3v) is 3.58. The van der Waals surface area contributed by atoms with Gasteiger partial charge in [-0.15, -0.1) is 0 Å². The van der Waals surface area contributed by atoms with Gasteiger partial charge in [-0.1, -0.05) is 6.07 Å². The lowest BCUT2D eigenvalue weighted by Gasteiger charge is -2.38. The van der Waals surface area contributed by atoms with E-state index in [2.05, 4.69) is 18.7 Å². The Hall–Kier alpha value is -1.04. The second-order valence-corrected chi connectivity index (χ2v) is 5.19. The minimum Gasteiger partial charge on any atom is -0.374 e. The molecule has 2 atom stereocenters. The van der Waals surface area contributed by atoms with E-state index < -0.39 is 17.7 Å². The van der Waals surface area contributed by atoms with Crippen LogP contribution >= 0.6 is 0 Å². The summed E-state index contributed by atoms with van der Waals surface area (Å²) in [6, 6.07) is 3.30. The van der Waals surface area contributed by atoms with Crippen LogP contribution < -0.4 is 5.73 Å². The molecule has 1 aliphatic rings. The van der Waals surface area contributed by atoms with E-state index in [1.165, 1.54) is 12.1 Å². The number of benzene rings is 1. The van der Waals surface area contributed by atoms with Crippen molar-refractivity contribution >= 4 is 0 Å². The molecule has 1 fully saturated rings. The van der Waals surface area contributed by atoms with Gasteiger partial charge in [0.25, 0.3) is 0 Å². The van der Waals surface area contributed by atoms with Gasteiger partial charge >= 0.3 is 0 Å². The highest BCUT2D eigenvalue weighted by molar-refractivity contribution is 5.23. The lowest BCUT2D eigenvalue weighted by Crippen LogP contribution is -2.49.